The van der Waals surface area contributed by atoms with Crippen molar-refractivity contribution in [3.05, 3.63) is 24.3 Å². The molecule has 0 spiro atoms. The first-order valence-electron chi connectivity index (χ1n) is 6.85. The van der Waals surface area contributed by atoms with Crippen LogP contribution in [-0.2, 0) is 14.8 Å². The van der Waals surface area contributed by atoms with Crippen molar-refractivity contribution in [1.82, 2.24) is 10.0 Å². The van der Waals surface area contributed by atoms with E-state index >= 15 is 0 Å². The molecule has 1 aromatic rings. The molecule has 11 heteroatoms. The van der Waals surface area contributed by atoms with Gasteiger partial charge in [0, 0.05) is 12.2 Å². The summed E-state index contributed by atoms with van der Waals surface area (Å²) in [5.41, 5.74) is -0.233. The van der Waals surface area contributed by atoms with Crippen molar-refractivity contribution in [3.63, 3.8) is 0 Å². The Morgan fingerprint density at radius 3 is 2.21 bits per heavy atom. The van der Waals surface area contributed by atoms with Crippen LogP contribution < -0.4 is 15.4 Å². The van der Waals surface area contributed by atoms with E-state index in [2.05, 4.69) is 5.32 Å². The van der Waals surface area contributed by atoms with Crippen LogP contribution >= 0.6 is 0 Å². The van der Waals surface area contributed by atoms with E-state index < -0.39 is 28.1 Å². The number of urea groups is 1. The maximum atomic E-state index is 12.1. The van der Waals surface area contributed by atoms with E-state index in [1.165, 1.54) is 0 Å². The van der Waals surface area contributed by atoms with Crippen molar-refractivity contribution in [2.24, 2.45) is 0 Å². The predicted molar refractivity (Wildman–Crippen MR) is 79.8 cm³/mol. The average molecular weight is 367 g/mol. The lowest BCUT2D eigenvalue weighted by Gasteiger charge is -2.10. The highest BCUT2D eigenvalue weighted by Gasteiger charge is 2.38. The van der Waals surface area contributed by atoms with Gasteiger partial charge in [0.05, 0.1) is 4.90 Å². The van der Waals surface area contributed by atoms with Crippen LogP contribution in [0.2, 0.25) is 0 Å². The molecule has 0 heterocycles. The minimum Gasteiger partial charge on any atom is -0.337 e. The summed E-state index contributed by atoms with van der Waals surface area (Å²) in [6.45, 7) is 2.20. The third kappa shape index (κ3) is 6.07. The zero-order chi connectivity index (χ0) is 18.4. The zero-order valence-electron chi connectivity index (χ0n) is 12.6. The molecule has 0 unspecified atom stereocenters. The number of halogens is 3. The number of alkyl halides is 3. The molecule has 24 heavy (non-hydrogen) atoms. The van der Waals surface area contributed by atoms with Crippen LogP contribution in [0.3, 0.4) is 0 Å². The van der Waals surface area contributed by atoms with Crippen LogP contribution in [-0.4, -0.2) is 33.1 Å². The SMILES string of the molecule is CCCCNC(=O)NS(=O)(=O)c1ccc(NC(=O)C(F)(F)F)cc1. The van der Waals surface area contributed by atoms with Crippen molar-refractivity contribution < 1.29 is 31.2 Å². The molecule has 1 aromatic carbocycles. The second-order valence-electron chi connectivity index (χ2n) is 4.69. The van der Waals surface area contributed by atoms with Gasteiger partial charge in [0.1, 0.15) is 0 Å². The van der Waals surface area contributed by atoms with Crippen molar-refractivity contribution in [2.45, 2.75) is 30.8 Å². The molecule has 0 aliphatic carbocycles. The number of amides is 3. The van der Waals surface area contributed by atoms with Gasteiger partial charge in [0.2, 0.25) is 0 Å². The summed E-state index contributed by atoms with van der Waals surface area (Å²) in [7, 11) is -4.17. The topological polar surface area (TPSA) is 104 Å². The van der Waals surface area contributed by atoms with Gasteiger partial charge in [-0.15, -0.1) is 0 Å². The lowest BCUT2D eigenvalue weighted by molar-refractivity contribution is -0.167. The smallest absolute Gasteiger partial charge is 0.337 e. The van der Waals surface area contributed by atoms with Gasteiger partial charge in [-0.25, -0.2) is 17.9 Å². The lowest BCUT2D eigenvalue weighted by atomic mass is 10.3. The third-order valence-electron chi connectivity index (χ3n) is 2.72. The molecule has 134 valence electrons. The fourth-order valence-electron chi connectivity index (χ4n) is 1.52. The number of rotatable bonds is 6. The van der Waals surface area contributed by atoms with Gasteiger partial charge >= 0.3 is 18.1 Å². The fourth-order valence-corrected chi connectivity index (χ4v) is 2.44. The first-order chi connectivity index (χ1) is 11.1. The number of carbonyl (C=O) groups is 2. The first-order valence-corrected chi connectivity index (χ1v) is 8.33. The van der Waals surface area contributed by atoms with Gasteiger partial charge in [-0.05, 0) is 30.7 Å². The highest BCUT2D eigenvalue weighted by atomic mass is 32.2. The van der Waals surface area contributed by atoms with E-state index in [9.17, 15) is 31.2 Å². The van der Waals surface area contributed by atoms with Gasteiger partial charge in [-0.2, -0.15) is 13.2 Å². The second kappa shape index (κ2) is 7.99. The molecule has 7 nitrogen and oxygen atoms in total. The molecule has 0 atom stereocenters. The van der Waals surface area contributed by atoms with Gasteiger partial charge in [0.25, 0.3) is 10.0 Å². The second-order valence-corrected chi connectivity index (χ2v) is 6.37. The maximum Gasteiger partial charge on any atom is 0.471 e. The number of benzene rings is 1. The Bertz CT molecular complexity index is 687. The molecule has 0 bridgehead atoms. The average Bonchev–Trinajstić information content (AvgIpc) is 2.46. The molecule has 0 aliphatic heterocycles. The number of carbonyl (C=O) groups excluding carboxylic acids is 2. The normalized spacial score (nSPS) is 11.7. The number of nitrogens with one attached hydrogen (secondary N) is 3. The van der Waals surface area contributed by atoms with E-state index in [0.717, 1.165) is 30.7 Å². The van der Waals surface area contributed by atoms with E-state index in [-0.39, 0.29) is 10.6 Å². The standard InChI is InChI=1S/C13H16F3N3O4S/c1-2-3-8-17-12(21)19-24(22,23)10-6-4-9(5-7-10)18-11(20)13(14,15)16/h4-7H,2-3,8H2,1H3,(H,18,20)(H2,17,19,21). The van der Waals surface area contributed by atoms with Crippen molar-refractivity contribution in [1.29, 1.82) is 0 Å². The molecule has 0 fully saturated rings. The largest absolute Gasteiger partial charge is 0.471 e. The summed E-state index contributed by atoms with van der Waals surface area (Å²) >= 11 is 0. The van der Waals surface area contributed by atoms with Crippen molar-refractivity contribution in [3.8, 4) is 0 Å². The maximum absolute atomic E-state index is 12.1. The number of hydrogen-bond donors (Lipinski definition) is 3. The van der Waals surface area contributed by atoms with Crippen LogP contribution in [0.15, 0.2) is 29.2 Å². The predicted octanol–water partition coefficient (Wildman–Crippen LogP) is 1.98. The summed E-state index contributed by atoms with van der Waals surface area (Å²) in [6.07, 6.45) is -3.55. The highest BCUT2D eigenvalue weighted by molar-refractivity contribution is 7.90. The molecule has 3 amide bonds. The minimum atomic E-state index is -5.05. The molecular weight excluding hydrogens is 351 g/mol. The summed E-state index contributed by atoms with van der Waals surface area (Å²) in [6, 6.07) is 2.99. The van der Waals surface area contributed by atoms with Crippen molar-refractivity contribution >= 4 is 27.6 Å². The summed E-state index contributed by atoms with van der Waals surface area (Å²) in [5, 5.41) is 3.93. The summed E-state index contributed by atoms with van der Waals surface area (Å²) < 4.78 is 62.0. The van der Waals surface area contributed by atoms with Gasteiger partial charge in [-0.3, -0.25) is 4.79 Å². The summed E-state index contributed by atoms with van der Waals surface area (Å²) in [5.74, 6) is -2.17. The molecule has 0 saturated heterocycles. The van der Waals surface area contributed by atoms with E-state index in [0.29, 0.717) is 13.0 Å². The molecule has 3 N–H and O–H groups in total. The molecule has 0 aliphatic rings. The number of unbranched alkanes of at least 4 members (excludes halogenated alkanes) is 1. The number of hydrogen-bond acceptors (Lipinski definition) is 4. The van der Waals surface area contributed by atoms with Gasteiger partial charge in [-0.1, -0.05) is 13.3 Å². The lowest BCUT2D eigenvalue weighted by Crippen LogP contribution is -2.39. The Labute approximate surface area is 136 Å². The number of sulfonamides is 1. The van der Waals surface area contributed by atoms with Gasteiger partial charge in [0.15, 0.2) is 0 Å². The molecule has 0 radical (unpaired) electrons. The Balaban J connectivity index is 2.73. The van der Waals surface area contributed by atoms with Crippen LogP contribution in [0, 0.1) is 0 Å². The van der Waals surface area contributed by atoms with Gasteiger partial charge < -0.3 is 10.6 Å². The van der Waals surface area contributed by atoms with E-state index in [4.69, 9.17) is 0 Å². The first kappa shape index (κ1) is 19.7. The third-order valence-corrected chi connectivity index (χ3v) is 4.07. The molecule has 1 rings (SSSR count). The van der Waals surface area contributed by atoms with Crippen LogP contribution in [0.25, 0.3) is 0 Å². The Morgan fingerprint density at radius 2 is 1.71 bits per heavy atom. The quantitative estimate of drug-likeness (QED) is 0.669. The van der Waals surface area contributed by atoms with E-state index in [1.807, 2.05) is 6.92 Å². The zero-order valence-corrected chi connectivity index (χ0v) is 13.4. The number of anilines is 1. The Morgan fingerprint density at radius 1 is 1.12 bits per heavy atom. The highest BCUT2D eigenvalue weighted by Crippen LogP contribution is 2.19. The monoisotopic (exact) mass is 367 g/mol. The van der Waals surface area contributed by atoms with Crippen LogP contribution in [0.1, 0.15) is 19.8 Å². The minimum absolute atomic E-state index is 0.233. The summed E-state index contributed by atoms with van der Waals surface area (Å²) in [4.78, 5) is 21.9. The van der Waals surface area contributed by atoms with Crippen LogP contribution in [0.4, 0.5) is 23.7 Å². The Kier molecular flexibility index (Phi) is 6.58. The fraction of sp³-hybridized carbons (Fsp3) is 0.385. The van der Waals surface area contributed by atoms with Crippen LogP contribution in [0.5, 0.6) is 0 Å². The van der Waals surface area contributed by atoms with Crippen molar-refractivity contribution in [2.75, 3.05) is 11.9 Å². The van der Waals surface area contributed by atoms with E-state index in [1.54, 1.807) is 10.0 Å². The molecular formula is C13H16F3N3O4S. The molecule has 0 saturated carbocycles. The Hall–Kier alpha value is -2.30. The molecule has 0 aromatic heterocycles.